The van der Waals surface area contributed by atoms with Crippen molar-refractivity contribution in [2.24, 2.45) is 0 Å². The van der Waals surface area contributed by atoms with Crippen molar-refractivity contribution in [1.82, 2.24) is 10.3 Å². The molecule has 0 bridgehead atoms. The van der Waals surface area contributed by atoms with E-state index in [0.717, 1.165) is 47.2 Å². The number of fused-ring (bicyclic) bond motifs is 1. The Morgan fingerprint density at radius 1 is 1.11 bits per heavy atom. The monoisotopic (exact) mass is 515 g/mol. The Morgan fingerprint density at radius 3 is 2.42 bits per heavy atom. The highest BCUT2D eigenvalue weighted by Gasteiger charge is 2.41. The highest BCUT2D eigenvalue weighted by atomic mass is 16.6. The minimum Gasteiger partial charge on any atom is -0.466 e. The molecule has 0 unspecified atom stereocenters. The minimum atomic E-state index is -0.565. The minimum absolute atomic E-state index is 0.123. The summed E-state index contributed by atoms with van der Waals surface area (Å²) in [5.41, 5.74) is 3.97. The standard InChI is InChI=1S/C30H33N3O5/c1-29(2,3)38-28(36)32-30(14-7-15-30)22-12-10-21(11-13-22)26-23(20-8-5-4-6-9-20)18-24-27(31-26)37-19-25(35)33(24)16-17-34/h4-6,8-13,18,34H,7,14-17,19H2,1-3H3,(H,32,36). The van der Waals surface area contributed by atoms with Crippen molar-refractivity contribution in [3.63, 3.8) is 0 Å². The number of aliphatic hydroxyl groups excluding tert-OH is 1. The van der Waals surface area contributed by atoms with Crippen LogP contribution in [0.5, 0.6) is 5.88 Å². The van der Waals surface area contributed by atoms with Gasteiger partial charge in [-0.25, -0.2) is 9.78 Å². The fraction of sp³-hybridized carbons (Fsp3) is 0.367. The third-order valence-electron chi connectivity index (χ3n) is 6.96. The molecular weight excluding hydrogens is 482 g/mol. The number of carbonyl (C=O) groups is 2. The van der Waals surface area contributed by atoms with Gasteiger partial charge in [0.25, 0.3) is 5.91 Å². The summed E-state index contributed by atoms with van der Waals surface area (Å²) in [7, 11) is 0. The summed E-state index contributed by atoms with van der Waals surface area (Å²) >= 11 is 0. The molecule has 5 rings (SSSR count). The maximum atomic E-state index is 12.6. The Morgan fingerprint density at radius 2 is 1.82 bits per heavy atom. The first-order valence-electron chi connectivity index (χ1n) is 13.0. The highest BCUT2D eigenvalue weighted by molar-refractivity contribution is 5.99. The molecule has 2 heterocycles. The van der Waals surface area contributed by atoms with Crippen molar-refractivity contribution in [2.45, 2.75) is 51.2 Å². The molecule has 1 aliphatic carbocycles. The van der Waals surface area contributed by atoms with E-state index in [4.69, 9.17) is 14.5 Å². The molecule has 3 aromatic rings. The van der Waals surface area contributed by atoms with E-state index in [1.807, 2.05) is 81.4 Å². The molecule has 1 fully saturated rings. The summed E-state index contributed by atoms with van der Waals surface area (Å²) in [6, 6.07) is 19.8. The predicted molar refractivity (Wildman–Crippen MR) is 145 cm³/mol. The molecule has 198 valence electrons. The van der Waals surface area contributed by atoms with Crippen molar-refractivity contribution in [1.29, 1.82) is 0 Å². The van der Waals surface area contributed by atoms with Gasteiger partial charge in [0.15, 0.2) is 6.61 Å². The molecule has 38 heavy (non-hydrogen) atoms. The van der Waals surface area contributed by atoms with Crippen LogP contribution in [0.15, 0.2) is 60.7 Å². The lowest BCUT2D eigenvalue weighted by molar-refractivity contribution is -0.121. The number of carbonyl (C=O) groups excluding carboxylic acids is 2. The summed E-state index contributed by atoms with van der Waals surface area (Å²) in [5.74, 6) is 0.145. The Hall–Kier alpha value is -3.91. The second-order valence-electron chi connectivity index (χ2n) is 10.8. The molecule has 2 amide bonds. The first kappa shape index (κ1) is 25.7. The van der Waals surface area contributed by atoms with Crippen molar-refractivity contribution < 1.29 is 24.2 Å². The average molecular weight is 516 g/mol. The summed E-state index contributed by atoms with van der Waals surface area (Å²) in [6.45, 7) is 5.45. The number of aliphatic hydroxyl groups is 1. The summed E-state index contributed by atoms with van der Waals surface area (Å²) < 4.78 is 11.2. The Kier molecular flexibility index (Phi) is 6.84. The van der Waals surface area contributed by atoms with Crippen molar-refractivity contribution >= 4 is 17.7 Å². The summed E-state index contributed by atoms with van der Waals surface area (Å²) in [5, 5.41) is 12.6. The number of nitrogens with one attached hydrogen (secondary N) is 1. The van der Waals surface area contributed by atoms with E-state index in [0.29, 0.717) is 11.6 Å². The molecule has 2 aromatic carbocycles. The number of anilines is 1. The van der Waals surface area contributed by atoms with Gasteiger partial charge in [0.05, 0.1) is 17.8 Å². The van der Waals surface area contributed by atoms with Crippen LogP contribution in [-0.4, -0.2) is 47.5 Å². The number of hydrogen-bond donors (Lipinski definition) is 2. The van der Waals surface area contributed by atoms with Gasteiger partial charge in [0, 0.05) is 17.7 Å². The van der Waals surface area contributed by atoms with E-state index >= 15 is 0 Å². The van der Waals surface area contributed by atoms with E-state index in [-0.39, 0.29) is 25.7 Å². The first-order valence-corrected chi connectivity index (χ1v) is 13.0. The van der Waals surface area contributed by atoms with E-state index in [2.05, 4.69) is 5.32 Å². The van der Waals surface area contributed by atoms with E-state index in [1.165, 1.54) is 4.90 Å². The van der Waals surface area contributed by atoms with Crippen LogP contribution in [0.4, 0.5) is 10.5 Å². The van der Waals surface area contributed by atoms with Gasteiger partial charge in [-0.15, -0.1) is 0 Å². The predicted octanol–water partition coefficient (Wildman–Crippen LogP) is 5.04. The van der Waals surface area contributed by atoms with Crippen LogP contribution in [-0.2, 0) is 15.1 Å². The van der Waals surface area contributed by atoms with Gasteiger partial charge in [0.1, 0.15) is 11.3 Å². The molecule has 1 aromatic heterocycles. The number of ether oxygens (including phenoxy) is 2. The van der Waals surface area contributed by atoms with Gasteiger partial charge < -0.3 is 24.8 Å². The van der Waals surface area contributed by atoms with Crippen LogP contribution in [0.1, 0.15) is 45.6 Å². The Labute approximate surface area is 222 Å². The number of benzene rings is 2. The number of nitrogens with zero attached hydrogens (tertiary/aromatic N) is 2. The quantitative estimate of drug-likeness (QED) is 0.477. The number of aromatic nitrogens is 1. The SMILES string of the molecule is CC(C)(C)OC(=O)NC1(c2ccc(-c3nc4c(cc3-c3ccccc3)N(CCO)C(=O)CO4)cc2)CCC1. The molecule has 0 saturated heterocycles. The van der Waals surface area contributed by atoms with Crippen LogP contribution in [0.25, 0.3) is 22.4 Å². The number of hydrogen-bond acceptors (Lipinski definition) is 6. The first-order chi connectivity index (χ1) is 18.2. The van der Waals surface area contributed by atoms with Gasteiger partial charge in [0.2, 0.25) is 5.88 Å². The number of alkyl carbamates (subject to hydrolysis) is 1. The topological polar surface area (TPSA) is 101 Å². The lowest BCUT2D eigenvalue weighted by Gasteiger charge is -2.43. The van der Waals surface area contributed by atoms with Crippen molar-refractivity contribution in [3.05, 3.63) is 66.2 Å². The number of rotatable bonds is 6. The number of β-amino-alcohol motifs (C(OH)–C–C–N with tert-alkyl or cyclic N) is 1. The van der Waals surface area contributed by atoms with Crippen LogP contribution < -0.4 is 15.0 Å². The second-order valence-corrected chi connectivity index (χ2v) is 10.8. The van der Waals surface area contributed by atoms with Gasteiger partial charge >= 0.3 is 6.09 Å². The van der Waals surface area contributed by atoms with Gasteiger partial charge in [-0.2, -0.15) is 0 Å². The van der Waals surface area contributed by atoms with Gasteiger partial charge in [-0.05, 0) is 57.2 Å². The molecule has 8 nitrogen and oxygen atoms in total. The largest absolute Gasteiger partial charge is 0.466 e. The second kappa shape index (κ2) is 10.1. The van der Waals surface area contributed by atoms with E-state index < -0.39 is 17.2 Å². The zero-order chi connectivity index (χ0) is 26.9. The molecule has 0 spiro atoms. The zero-order valence-electron chi connectivity index (χ0n) is 22.0. The van der Waals surface area contributed by atoms with Crippen LogP contribution in [0.3, 0.4) is 0 Å². The third kappa shape index (κ3) is 5.09. The third-order valence-corrected chi connectivity index (χ3v) is 6.96. The molecule has 2 aliphatic rings. The lowest BCUT2D eigenvalue weighted by atomic mass is 9.71. The molecule has 8 heteroatoms. The summed E-state index contributed by atoms with van der Waals surface area (Å²) in [6.07, 6.45) is 2.31. The Balaban J connectivity index is 1.52. The smallest absolute Gasteiger partial charge is 0.408 e. The normalized spacial score (nSPS) is 16.2. The zero-order valence-corrected chi connectivity index (χ0v) is 22.0. The summed E-state index contributed by atoms with van der Waals surface area (Å²) in [4.78, 5) is 31.4. The maximum Gasteiger partial charge on any atom is 0.408 e. The van der Waals surface area contributed by atoms with Crippen molar-refractivity contribution in [2.75, 3.05) is 24.7 Å². The fourth-order valence-corrected chi connectivity index (χ4v) is 4.99. The number of pyridine rings is 1. The van der Waals surface area contributed by atoms with Crippen LogP contribution in [0, 0.1) is 0 Å². The molecule has 0 atom stereocenters. The lowest BCUT2D eigenvalue weighted by Crippen LogP contribution is -2.52. The van der Waals surface area contributed by atoms with Gasteiger partial charge in [-0.1, -0.05) is 54.6 Å². The molecular formula is C30H33N3O5. The molecule has 1 aliphatic heterocycles. The molecule has 1 saturated carbocycles. The average Bonchev–Trinajstić information content (AvgIpc) is 2.87. The van der Waals surface area contributed by atoms with Crippen molar-refractivity contribution in [3.8, 4) is 28.3 Å². The molecule has 2 N–H and O–H groups in total. The Bertz CT molecular complexity index is 1330. The maximum absolute atomic E-state index is 12.6. The highest BCUT2D eigenvalue weighted by Crippen LogP contribution is 2.44. The fourth-order valence-electron chi connectivity index (χ4n) is 4.99. The number of amides is 2. The van der Waals surface area contributed by atoms with Crippen LogP contribution >= 0.6 is 0 Å². The van der Waals surface area contributed by atoms with Crippen LogP contribution in [0.2, 0.25) is 0 Å². The van der Waals surface area contributed by atoms with E-state index in [9.17, 15) is 14.7 Å². The van der Waals surface area contributed by atoms with E-state index in [1.54, 1.807) is 0 Å². The van der Waals surface area contributed by atoms with Gasteiger partial charge in [-0.3, -0.25) is 4.79 Å². The molecule has 0 radical (unpaired) electrons.